The zero-order valence-corrected chi connectivity index (χ0v) is 25.9. The van der Waals surface area contributed by atoms with E-state index in [1.165, 1.54) is 0 Å². The Bertz CT molecular complexity index is 3120. The lowest BCUT2D eigenvalue weighted by atomic mass is 10.1. The van der Waals surface area contributed by atoms with Gasteiger partial charge in [-0.3, -0.25) is 9.13 Å². The summed E-state index contributed by atoms with van der Waals surface area (Å²) in [4.78, 5) is 20.4. The van der Waals surface area contributed by atoms with Crippen molar-refractivity contribution < 1.29 is 4.42 Å². The molecule has 0 aliphatic heterocycles. The first-order valence-electron chi connectivity index (χ1n) is 16.2. The maximum atomic E-state index is 6.42. The summed E-state index contributed by atoms with van der Waals surface area (Å²) in [5, 5.41) is 6.47. The van der Waals surface area contributed by atoms with Crippen LogP contribution in [0.1, 0.15) is 0 Å². The smallest absolute Gasteiger partial charge is 0.236 e. The predicted octanol–water partition coefficient (Wildman–Crippen LogP) is 10.2. The number of hydrogen-bond acceptors (Lipinski definition) is 5. The summed E-state index contributed by atoms with van der Waals surface area (Å²) < 4.78 is 10.8. The number of para-hydroxylation sites is 4. The maximum absolute atomic E-state index is 6.42. The Labute approximate surface area is 278 Å². The van der Waals surface area contributed by atoms with Crippen LogP contribution in [0.15, 0.2) is 150 Å². The Hall–Kier alpha value is -6.86. The molecule has 0 bridgehead atoms. The van der Waals surface area contributed by atoms with Gasteiger partial charge in [-0.25, -0.2) is 19.9 Å². The zero-order valence-electron chi connectivity index (χ0n) is 25.9. The van der Waals surface area contributed by atoms with Gasteiger partial charge in [-0.1, -0.05) is 97.1 Å². The summed E-state index contributed by atoms with van der Waals surface area (Å²) in [6.45, 7) is 0. The van der Waals surface area contributed by atoms with Crippen LogP contribution in [0.5, 0.6) is 0 Å². The van der Waals surface area contributed by atoms with E-state index in [9.17, 15) is 0 Å². The van der Waals surface area contributed by atoms with Gasteiger partial charge in [-0.2, -0.15) is 0 Å². The summed E-state index contributed by atoms with van der Waals surface area (Å²) in [5.74, 6) is 1.20. The minimum atomic E-state index is 0.577. The molecule has 0 saturated heterocycles. The van der Waals surface area contributed by atoms with Gasteiger partial charge >= 0.3 is 0 Å². The number of furan rings is 1. The summed E-state index contributed by atoms with van der Waals surface area (Å²) in [7, 11) is 0. The first-order chi connectivity index (χ1) is 24.3. The molecule has 0 amide bonds. The molecule has 0 unspecified atom stereocenters. The Morgan fingerprint density at radius 3 is 1.88 bits per heavy atom. The topological polar surface area (TPSA) is 74.6 Å². The van der Waals surface area contributed by atoms with Crippen LogP contribution in [0.25, 0.3) is 99.7 Å². The van der Waals surface area contributed by atoms with Gasteiger partial charge in [0.15, 0.2) is 5.58 Å². The molecule has 0 spiro atoms. The molecule has 228 valence electrons. The highest BCUT2D eigenvalue weighted by Gasteiger charge is 2.23. The van der Waals surface area contributed by atoms with Crippen molar-refractivity contribution in [3.8, 4) is 23.2 Å². The standard InChI is InChI=1S/C42H24N6O/c1-2-12-25(13-3-1)38-40-39(29-17-7-11-21-37(29)49-40)46-42(45-38)48-34-20-10-6-16-28(34)31-22-30-27-15-5-9-19-33(27)47(35(30)23-36(31)48)41-43-24-26-14-4-8-18-32(26)44-41/h1-24H. The molecule has 0 aliphatic rings. The van der Waals surface area contributed by atoms with Crippen LogP contribution in [-0.2, 0) is 0 Å². The van der Waals surface area contributed by atoms with Crippen LogP contribution in [0.3, 0.4) is 0 Å². The normalized spacial score (nSPS) is 12.1. The minimum absolute atomic E-state index is 0.577. The Morgan fingerprint density at radius 2 is 1.10 bits per heavy atom. The van der Waals surface area contributed by atoms with E-state index in [0.29, 0.717) is 17.5 Å². The fourth-order valence-corrected chi connectivity index (χ4v) is 7.40. The molecule has 11 rings (SSSR count). The first kappa shape index (κ1) is 26.2. The quantitative estimate of drug-likeness (QED) is 0.195. The summed E-state index contributed by atoms with van der Waals surface area (Å²) in [5.41, 5.74) is 8.92. The second kappa shape index (κ2) is 9.82. The van der Waals surface area contributed by atoms with E-state index in [0.717, 1.165) is 82.3 Å². The summed E-state index contributed by atoms with van der Waals surface area (Å²) in [6, 6.07) is 47.8. The highest BCUT2D eigenvalue weighted by atomic mass is 16.3. The molecule has 11 aromatic rings. The molecule has 5 aromatic heterocycles. The van der Waals surface area contributed by atoms with E-state index in [2.05, 4.69) is 88.0 Å². The van der Waals surface area contributed by atoms with Crippen LogP contribution in [0, 0.1) is 0 Å². The fraction of sp³-hybridized carbons (Fsp3) is 0. The lowest BCUT2D eigenvalue weighted by Gasteiger charge is -2.10. The lowest BCUT2D eigenvalue weighted by molar-refractivity contribution is 0.666. The molecule has 0 aliphatic carbocycles. The molecule has 0 atom stereocenters. The van der Waals surface area contributed by atoms with Crippen molar-refractivity contribution in [1.29, 1.82) is 0 Å². The van der Waals surface area contributed by atoms with Crippen LogP contribution >= 0.6 is 0 Å². The van der Waals surface area contributed by atoms with Crippen molar-refractivity contribution in [1.82, 2.24) is 29.1 Å². The molecule has 5 heterocycles. The van der Waals surface area contributed by atoms with E-state index in [1.807, 2.05) is 66.9 Å². The van der Waals surface area contributed by atoms with Crippen molar-refractivity contribution in [3.05, 3.63) is 146 Å². The van der Waals surface area contributed by atoms with E-state index < -0.39 is 0 Å². The number of nitrogens with zero attached hydrogens (tertiary/aromatic N) is 6. The Morgan fingerprint density at radius 1 is 0.469 bits per heavy atom. The van der Waals surface area contributed by atoms with Crippen LogP contribution in [0.4, 0.5) is 0 Å². The maximum Gasteiger partial charge on any atom is 0.236 e. The second-order valence-electron chi connectivity index (χ2n) is 12.3. The van der Waals surface area contributed by atoms with Gasteiger partial charge in [0.25, 0.3) is 0 Å². The number of rotatable bonds is 3. The predicted molar refractivity (Wildman–Crippen MR) is 197 cm³/mol. The van der Waals surface area contributed by atoms with Crippen LogP contribution in [0.2, 0.25) is 0 Å². The molecule has 7 nitrogen and oxygen atoms in total. The third-order valence-corrected chi connectivity index (χ3v) is 9.60. The second-order valence-corrected chi connectivity index (χ2v) is 12.3. The molecule has 49 heavy (non-hydrogen) atoms. The SMILES string of the molecule is c1ccc(-c2nc(-n3c4ccccc4c4cc5c6ccccc6n(-c6ncc7ccccc7n6)c5cc43)nc3c2oc2ccccc23)cc1. The van der Waals surface area contributed by atoms with Gasteiger partial charge in [-0.05, 0) is 42.5 Å². The first-order valence-corrected chi connectivity index (χ1v) is 16.2. The molecule has 0 N–H and O–H groups in total. The van der Waals surface area contributed by atoms with Crippen LogP contribution < -0.4 is 0 Å². The third-order valence-electron chi connectivity index (χ3n) is 9.60. The van der Waals surface area contributed by atoms with Gasteiger partial charge in [0.05, 0.1) is 27.6 Å². The van der Waals surface area contributed by atoms with Crippen molar-refractivity contribution in [2.24, 2.45) is 0 Å². The molecular weight excluding hydrogens is 605 g/mol. The average Bonchev–Trinajstić information content (AvgIpc) is 3.81. The summed E-state index contributed by atoms with van der Waals surface area (Å²) >= 11 is 0. The number of aromatic nitrogens is 6. The molecular formula is C42H24N6O. The highest BCUT2D eigenvalue weighted by Crippen LogP contribution is 2.40. The zero-order chi connectivity index (χ0) is 32.1. The third kappa shape index (κ3) is 3.72. The molecule has 7 heteroatoms. The average molecular weight is 629 g/mol. The van der Waals surface area contributed by atoms with E-state index >= 15 is 0 Å². The molecule has 0 fully saturated rings. The van der Waals surface area contributed by atoms with Crippen molar-refractivity contribution >= 4 is 76.6 Å². The number of benzene rings is 6. The van der Waals surface area contributed by atoms with Gasteiger partial charge < -0.3 is 4.42 Å². The van der Waals surface area contributed by atoms with E-state index in [1.54, 1.807) is 0 Å². The number of hydrogen-bond donors (Lipinski definition) is 0. The number of fused-ring (bicyclic) bond motifs is 10. The summed E-state index contributed by atoms with van der Waals surface area (Å²) in [6.07, 6.45) is 1.90. The van der Waals surface area contributed by atoms with Crippen molar-refractivity contribution in [2.45, 2.75) is 0 Å². The van der Waals surface area contributed by atoms with Gasteiger partial charge in [-0.15, -0.1) is 0 Å². The molecule has 0 saturated carbocycles. The van der Waals surface area contributed by atoms with E-state index in [-0.39, 0.29) is 0 Å². The fourth-order valence-electron chi connectivity index (χ4n) is 7.40. The lowest BCUT2D eigenvalue weighted by Crippen LogP contribution is -2.03. The van der Waals surface area contributed by atoms with Gasteiger partial charge in [0.2, 0.25) is 11.9 Å². The van der Waals surface area contributed by atoms with Crippen molar-refractivity contribution in [3.63, 3.8) is 0 Å². The monoisotopic (exact) mass is 628 g/mol. The molecule has 0 radical (unpaired) electrons. The minimum Gasteiger partial charge on any atom is -0.452 e. The largest absolute Gasteiger partial charge is 0.452 e. The highest BCUT2D eigenvalue weighted by molar-refractivity contribution is 6.19. The van der Waals surface area contributed by atoms with Crippen LogP contribution in [-0.4, -0.2) is 29.1 Å². The van der Waals surface area contributed by atoms with Gasteiger partial charge in [0, 0.05) is 44.1 Å². The molecule has 6 aromatic carbocycles. The van der Waals surface area contributed by atoms with Gasteiger partial charge in [0.1, 0.15) is 16.8 Å². The Kier molecular flexibility index (Phi) is 5.26. The van der Waals surface area contributed by atoms with E-state index in [4.69, 9.17) is 24.4 Å². The Balaban J connectivity index is 1.28. The van der Waals surface area contributed by atoms with Crippen molar-refractivity contribution in [2.75, 3.05) is 0 Å².